The molecule has 3 nitrogen and oxygen atoms in total. The van der Waals surface area contributed by atoms with Gasteiger partial charge in [0.25, 0.3) is 0 Å². The fourth-order valence-corrected chi connectivity index (χ4v) is 2.96. The summed E-state index contributed by atoms with van der Waals surface area (Å²) in [5.74, 6) is 0.780. The van der Waals surface area contributed by atoms with Gasteiger partial charge in [-0.15, -0.1) is 0 Å². The number of ether oxygens (including phenoxy) is 1. The molecular formula is C17H27ClN2O. The Hall–Kier alpha value is -0.770. The van der Waals surface area contributed by atoms with Crippen LogP contribution >= 0.6 is 11.6 Å². The molecule has 0 spiro atoms. The van der Waals surface area contributed by atoms with E-state index >= 15 is 0 Å². The van der Waals surface area contributed by atoms with Gasteiger partial charge in [0, 0.05) is 12.6 Å². The molecule has 1 aliphatic rings. The van der Waals surface area contributed by atoms with E-state index in [2.05, 4.69) is 17.9 Å². The summed E-state index contributed by atoms with van der Waals surface area (Å²) in [5.41, 5.74) is 7.15. The summed E-state index contributed by atoms with van der Waals surface area (Å²) in [7, 11) is 0. The van der Waals surface area contributed by atoms with Gasteiger partial charge < -0.3 is 10.5 Å². The summed E-state index contributed by atoms with van der Waals surface area (Å²) in [4.78, 5) is 2.46. The van der Waals surface area contributed by atoms with Crippen LogP contribution in [-0.2, 0) is 6.42 Å². The number of hydrogen-bond donors (Lipinski definition) is 1. The summed E-state index contributed by atoms with van der Waals surface area (Å²) >= 11 is 6.30. The number of benzene rings is 1. The molecule has 2 rings (SSSR count). The average Bonchev–Trinajstić information content (AvgIpc) is 2.50. The molecule has 1 saturated heterocycles. The SMILES string of the molecule is CCC(N)Cc1ccc(OCCN2CCCCC2)c(Cl)c1. The summed E-state index contributed by atoms with van der Waals surface area (Å²) < 4.78 is 5.82. The van der Waals surface area contributed by atoms with Crippen LogP contribution in [-0.4, -0.2) is 37.2 Å². The van der Waals surface area contributed by atoms with E-state index < -0.39 is 0 Å². The first-order valence-corrected chi connectivity index (χ1v) is 8.46. The van der Waals surface area contributed by atoms with E-state index in [-0.39, 0.29) is 6.04 Å². The second-order valence-corrected chi connectivity index (χ2v) is 6.30. The van der Waals surface area contributed by atoms with Crippen LogP contribution in [0.4, 0.5) is 0 Å². The number of nitrogens with two attached hydrogens (primary N) is 1. The van der Waals surface area contributed by atoms with Crippen molar-refractivity contribution < 1.29 is 4.74 Å². The third-order valence-electron chi connectivity index (χ3n) is 4.13. The fraction of sp³-hybridized carbons (Fsp3) is 0.647. The summed E-state index contributed by atoms with van der Waals surface area (Å²) in [5, 5.41) is 0.689. The van der Waals surface area contributed by atoms with Crippen LogP contribution in [0.1, 0.15) is 38.2 Å². The van der Waals surface area contributed by atoms with Crippen molar-refractivity contribution in [1.82, 2.24) is 4.90 Å². The highest BCUT2D eigenvalue weighted by Crippen LogP contribution is 2.26. The molecule has 4 heteroatoms. The molecular weight excluding hydrogens is 284 g/mol. The third kappa shape index (κ3) is 5.50. The van der Waals surface area contributed by atoms with E-state index in [1.807, 2.05) is 12.1 Å². The van der Waals surface area contributed by atoms with Gasteiger partial charge >= 0.3 is 0 Å². The molecule has 118 valence electrons. The van der Waals surface area contributed by atoms with Gasteiger partial charge in [-0.25, -0.2) is 0 Å². The summed E-state index contributed by atoms with van der Waals surface area (Å²) in [6.45, 7) is 6.19. The highest BCUT2D eigenvalue weighted by atomic mass is 35.5. The molecule has 21 heavy (non-hydrogen) atoms. The van der Waals surface area contributed by atoms with Gasteiger partial charge in [-0.05, 0) is 56.5 Å². The lowest BCUT2D eigenvalue weighted by atomic mass is 10.0. The first-order chi connectivity index (χ1) is 10.2. The lowest BCUT2D eigenvalue weighted by Crippen LogP contribution is -2.33. The smallest absolute Gasteiger partial charge is 0.137 e. The van der Waals surface area contributed by atoms with Crippen molar-refractivity contribution in [3.05, 3.63) is 28.8 Å². The average molecular weight is 311 g/mol. The molecule has 0 aliphatic carbocycles. The van der Waals surface area contributed by atoms with Crippen LogP contribution < -0.4 is 10.5 Å². The van der Waals surface area contributed by atoms with Gasteiger partial charge in [0.2, 0.25) is 0 Å². The zero-order valence-electron chi connectivity index (χ0n) is 13.0. The van der Waals surface area contributed by atoms with E-state index in [0.717, 1.165) is 25.1 Å². The maximum absolute atomic E-state index is 6.30. The normalized spacial score (nSPS) is 17.7. The van der Waals surface area contributed by atoms with E-state index in [4.69, 9.17) is 22.1 Å². The number of halogens is 1. The lowest BCUT2D eigenvalue weighted by molar-refractivity contribution is 0.183. The highest BCUT2D eigenvalue weighted by molar-refractivity contribution is 6.32. The third-order valence-corrected chi connectivity index (χ3v) is 4.43. The first-order valence-electron chi connectivity index (χ1n) is 8.08. The van der Waals surface area contributed by atoms with E-state index in [1.165, 1.54) is 37.9 Å². The van der Waals surface area contributed by atoms with Crippen LogP contribution in [0, 0.1) is 0 Å². The lowest BCUT2D eigenvalue weighted by Gasteiger charge is -2.26. The standard InChI is InChI=1S/C17H27ClN2O/c1-2-15(19)12-14-6-7-17(16(18)13-14)21-11-10-20-8-4-3-5-9-20/h6-7,13,15H,2-5,8-12,19H2,1H3. The molecule has 1 aromatic rings. The van der Waals surface area contributed by atoms with Crippen LogP contribution in [0.15, 0.2) is 18.2 Å². The Morgan fingerprint density at radius 1 is 1.29 bits per heavy atom. The van der Waals surface area contributed by atoms with E-state index in [1.54, 1.807) is 0 Å². The second-order valence-electron chi connectivity index (χ2n) is 5.89. The maximum atomic E-state index is 6.30. The monoisotopic (exact) mass is 310 g/mol. The minimum atomic E-state index is 0.201. The van der Waals surface area contributed by atoms with Crippen LogP contribution in [0.3, 0.4) is 0 Å². The Bertz CT molecular complexity index is 433. The zero-order chi connectivity index (χ0) is 15.1. The molecule has 1 aliphatic heterocycles. The largest absolute Gasteiger partial charge is 0.491 e. The molecule has 0 aromatic heterocycles. The van der Waals surface area contributed by atoms with E-state index in [0.29, 0.717) is 11.6 Å². The van der Waals surface area contributed by atoms with Gasteiger partial charge in [-0.1, -0.05) is 31.0 Å². The molecule has 0 amide bonds. The van der Waals surface area contributed by atoms with Crippen molar-refractivity contribution in [3.8, 4) is 5.75 Å². The molecule has 0 saturated carbocycles. The van der Waals surface area contributed by atoms with Crippen molar-refractivity contribution in [2.45, 2.75) is 45.1 Å². The Morgan fingerprint density at radius 2 is 2.05 bits per heavy atom. The first kappa shape index (κ1) is 16.6. The topological polar surface area (TPSA) is 38.5 Å². The van der Waals surface area contributed by atoms with Gasteiger partial charge in [0.1, 0.15) is 12.4 Å². The molecule has 1 fully saturated rings. The number of hydrogen-bond acceptors (Lipinski definition) is 3. The minimum absolute atomic E-state index is 0.201. The Balaban J connectivity index is 1.80. The maximum Gasteiger partial charge on any atom is 0.137 e. The van der Waals surface area contributed by atoms with Gasteiger partial charge in [0.05, 0.1) is 5.02 Å². The number of piperidine rings is 1. The van der Waals surface area contributed by atoms with Crippen molar-refractivity contribution in [3.63, 3.8) is 0 Å². The molecule has 1 unspecified atom stereocenters. The van der Waals surface area contributed by atoms with Crippen molar-refractivity contribution in [2.75, 3.05) is 26.2 Å². The quantitative estimate of drug-likeness (QED) is 0.838. The molecule has 2 N–H and O–H groups in total. The number of likely N-dealkylation sites (tertiary alicyclic amines) is 1. The fourth-order valence-electron chi connectivity index (χ4n) is 2.70. The highest BCUT2D eigenvalue weighted by Gasteiger charge is 2.10. The van der Waals surface area contributed by atoms with Gasteiger partial charge in [-0.3, -0.25) is 4.90 Å². The molecule has 1 aromatic carbocycles. The van der Waals surface area contributed by atoms with Crippen molar-refractivity contribution >= 4 is 11.6 Å². The van der Waals surface area contributed by atoms with Crippen LogP contribution in [0.5, 0.6) is 5.75 Å². The minimum Gasteiger partial charge on any atom is -0.491 e. The predicted octanol–water partition coefficient (Wildman–Crippen LogP) is 3.48. The predicted molar refractivity (Wildman–Crippen MR) is 89.2 cm³/mol. The van der Waals surface area contributed by atoms with E-state index in [9.17, 15) is 0 Å². The molecule has 1 atom stereocenters. The van der Waals surface area contributed by atoms with Gasteiger partial charge in [-0.2, -0.15) is 0 Å². The van der Waals surface area contributed by atoms with Gasteiger partial charge in [0.15, 0.2) is 0 Å². The zero-order valence-corrected chi connectivity index (χ0v) is 13.7. The number of nitrogens with zero attached hydrogens (tertiary/aromatic N) is 1. The summed E-state index contributed by atoms with van der Waals surface area (Å²) in [6.07, 6.45) is 5.83. The molecule has 1 heterocycles. The number of rotatable bonds is 7. The van der Waals surface area contributed by atoms with Crippen molar-refractivity contribution in [1.29, 1.82) is 0 Å². The molecule has 0 bridgehead atoms. The summed E-state index contributed by atoms with van der Waals surface area (Å²) in [6, 6.07) is 6.22. The van der Waals surface area contributed by atoms with Crippen LogP contribution in [0.25, 0.3) is 0 Å². The van der Waals surface area contributed by atoms with Crippen molar-refractivity contribution in [2.24, 2.45) is 5.73 Å². The Labute approximate surface area is 133 Å². The Kier molecular flexibility index (Phi) is 6.81. The Morgan fingerprint density at radius 3 is 2.71 bits per heavy atom. The van der Waals surface area contributed by atoms with Crippen LogP contribution in [0.2, 0.25) is 5.02 Å². The molecule has 0 radical (unpaired) electrons. The second kappa shape index (κ2) is 8.62.